The summed E-state index contributed by atoms with van der Waals surface area (Å²) < 4.78 is 0. The Morgan fingerprint density at radius 2 is 1.90 bits per heavy atom. The van der Waals surface area contributed by atoms with E-state index >= 15 is 0 Å². The molecule has 0 saturated carbocycles. The molecule has 1 saturated heterocycles. The number of aryl methyl sites for hydroxylation is 1. The van der Waals surface area contributed by atoms with Gasteiger partial charge in [0.25, 0.3) is 0 Å². The fourth-order valence-corrected chi connectivity index (χ4v) is 2.57. The van der Waals surface area contributed by atoms with Crippen LogP contribution in [-0.2, 0) is 4.79 Å². The summed E-state index contributed by atoms with van der Waals surface area (Å²) in [5.41, 5.74) is 2.62. The Balaban J connectivity index is 1.67. The smallest absolute Gasteiger partial charge is 0.243 e. The maximum atomic E-state index is 11.0. The van der Waals surface area contributed by atoms with Gasteiger partial charge < -0.3 is 10.2 Å². The van der Waals surface area contributed by atoms with Crippen molar-refractivity contribution in [1.82, 2.24) is 10.2 Å². The number of piperazine rings is 1. The molecule has 0 aliphatic carbocycles. The van der Waals surface area contributed by atoms with Gasteiger partial charge in [-0.2, -0.15) is 0 Å². The molecule has 4 heteroatoms. The number of benzene rings is 1. The van der Waals surface area contributed by atoms with Crippen molar-refractivity contribution in [2.45, 2.75) is 13.3 Å². The van der Waals surface area contributed by atoms with Crippen LogP contribution in [0, 0.1) is 6.92 Å². The van der Waals surface area contributed by atoms with E-state index in [0.29, 0.717) is 0 Å². The number of hydrogen-bond acceptors (Lipinski definition) is 3. The standard InChI is InChI=1S/C17H25N3O/c1-3-17(21)18-9-4-10-19-11-13-20(14-12-19)16-7-5-15(2)6-8-16/h3,5-8H,1,4,9-14H2,2H3,(H,18,21). The van der Waals surface area contributed by atoms with E-state index < -0.39 is 0 Å². The second kappa shape index (κ2) is 7.84. The monoisotopic (exact) mass is 287 g/mol. The molecule has 1 aliphatic rings. The number of hydrogen-bond donors (Lipinski definition) is 1. The van der Waals surface area contributed by atoms with E-state index in [2.05, 4.69) is 52.9 Å². The van der Waals surface area contributed by atoms with Crippen molar-refractivity contribution in [3.05, 3.63) is 42.5 Å². The van der Waals surface area contributed by atoms with Gasteiger partial charge in [0.15, 0.2) is 0 Å². The molecular formula is C17H25N3O. The van der Waals surface area contributed by atoms with Gasteiger partial charge in [-0.05, 0) is 38.1 Å². The molecular weight excluding hydrogens is 262 g/mol. The molecule has 114 valence electrons. The normalized spacial score (nSPS) is 15.8. The van der Waals surface area contributed by atoms with Crippen molar-refractivity contribution in [1.29, 1.82) is 0 Å². The topological polar surface area (TPSA) is 35.6 Å². The van der Waals surface area contributed by atoms with Gasteiger partial charge in [0.1, 0.15) is 0 Å². The van der Waals surface area contributed by atoms with E-state index in [4.69, 9.17) is 0 Å². The predicted molar refractivity (Wildman–Crippen MR) is 87.7 cm³/mol. The SMILES string of the molecule is C=CC(=O)NCCCN1CCN(c2ccc(C)cc2)CC1. The van der Waals surface area contributed by atoms with E-state index in [1.807, 2.05) is 0 Å². The molecule has 1 heterocycles. The van der Waals surface area contributed by atoms with Gasteiger partial charge in [-0.15, -0.1) is 0 Å². The molecule has 0 unspecified atom stereocenters. The van der Waals surface area contributed by atoms with Gasteiger partial charge in [0.05, 0.1) is 0 Å². The lowest BCUT2D eigenvalue weighted by Gasteiger charge is -2.36. The summed E-state index contributed by atoms with van der Waals surface area (Å²) >= 11 is 0. The Morgan fingerprint density at radius 3 is 2.52 bits per heavy atom. The molecule has 1 N–H and O–H groups in total. The highest BCUT2D eigenvalue weighted by atomic mass is 16.1. The number of anilines is 1. The largest absolute Gasteiger partial charge is 0.369 e. The van der Waals surface area contributed by atoms with Gasteiger partial charge in [0.2, 0.25) is 5.91 Å². The van der Waals surface area contributed by atoms with Crippen LogP contribution in [-0.4, -0.2) is 50.1 Å². The molecule has 0 aromatic heterocycles. The van der Waals surface area contributed by atoms with Crippen LogP contribution >= 0.6 is 0 Å². The van der Waals surface area contributed by atoms with Gasteiger partial charge in [-0.1, -0.05) is 24.3 Å². The average Bonchev–Trinajstić information content (AvgIpc) is 2.52. The summed E-state index contributed by atoms with van der Waals surface area (Å²) in [4.78, 5) is 15.9. The van der Waals surface area contributed by atoms with Crippen LogP contribution in [0.3, 0.4) is 0 Å². The fourth-order valence-electron chi connectivity index (χ4n) is 2.57. The van der Waals surface area contributed by atoms with Crippen molar-refractivity contribution < 1.29 is 4.79 Å². The van der Waals surface area contributed by atoms with Gasteiger partial charge in [-0.25, -0.2) is 0 Å². The Labute approximate surface area is 127 Å². The highest BCUT2D eigenvalue weighted by molar-refractivity contribution is 5.86. The predicted octanol–water partition coefficient (Wildman–Crippen LogP) is 1.81. The van der Waals surface area contributed by atoms with E-state index in [-0.39, 0.29) is 5.91 Å². The lowest BCUT2D eigenvalue weighted by molar-refractivity contribution is -0.116. The summed E-state index contributed by atoms with van der Waals surface area (Å²) in [6, 6.07) is 8.75. The van der Waals surface area contributed by atoms with E-state index in [9.17, 15) is 4.79 Å². The summed E-state index contributed by atoms with van der Waals surface area (Å²) in [7, 11) is 0. The second-order valence-corrected chi connectivity index (χ2v) is 5.51. The van der Waals surface area contributed by atoms with Crippen molar-refractivity contribution in [3.63, 3.8) is 0 Å². The minimum absolute atomic E-state index is 0.0841. The molecule has 1 fully saturated rings. The number of rotatable bonds is 6. The third-order valence-electron chi connectivity index (χ3n) is 3.91. The lowest BCUT2D eigenvalue weighted by Crippen LogP contribution is -2.47. The second-order valence-electron chi connectivity index (χ2n) is 5.51. The number of nitrogens with one attached hydrogen (secondary N) is 1. The Kier molecular flexibility index (Phi) is 5.81. The van der Waals surface area contributed by atoms with Crippen LogP contribution in [0.25, 0.3) is 0 Å². The fraction of sp³-hybridized carbons (Fsp3) is 0.471. The Morgan fingerprint density at radius 1 is 1.24 bits per heavy atom. The first-order valence-electron chi connectivity index (χ1n) is 7.63. The minimum Gasteiger partial charge on any atom is -0.369 e. The number of carbonyl (C=O) groups is 1. The van der Waals surface area contributed by atoms with Gasteiger partial charge in [-0.3, -0.25) is 9.69 Å². The zero-order chi connectivity index (χ0) is 15.1. The molecule has 1 aromatic carbocycles. The quantitative estimate of drug-likeness (QED) is 0.640. The van der Waals surface area contributed by atoms with Gasteiger partial charge >= 0.3 is 0 Å². The molecule has 1 aromatic rings. The Hall–Kier alpha value is -1.81. The van der Waals surface area contributed by atoms with Crippen molar-refractivity contribution >= 4 is 11.6 Å². The third kappa shape index (κ3) is 4.90. The third-order valence-corrected chi connectivity index (χ3v) is 3.91. The Bertz CT molecular complexity index is 461. The van der Waals surface area contributed by atoms with Crippen LogP contribution in [0.1, 0.15) is 12.0 Å². The van der Waals surface area contributed by atoms with E-state index in [0.717, 1.165) is 45.7 Å². The summed E-state index contributed by atoms with van der Waals surface area (Å²) in [5.74, 6) is -0.0841. The molecule has 0 spiro atoms. The average molecular weight is 287 g/mol. The number of carbonyl (C=O) groups excluding carboxylic acids is 1. The highest BCUT2D eigenvalue weighted by Gasteiger charge is 2.16. The first kappa shape index (κ1) is 15.6. The maximum Gasteiger partial charge on any atom is 0.243 e. The summed E-state index contributed by atoms with van der Waals surface area (Å²) in [6.45, 7) is 11.6. The van der Waals surface area contributed by atoms with Crippen molar-refractivity contribution in [2.75, 3.05) is 44.2 Å². The van der Waals surface area contributed by atoms with Gasteiger partial charge in [0, 0.05) is 38.4 Å². The number of amides is 1. The first-order valence-corrected chi connectivity index (χ1v) is 7.63. The molecule has 21 heavy (non-hydrogen) atoms. The van der Waals surface area contributed by atoms with Crippen molar-refractivity contribution in [3.8, 4) is 0 Å². The molecule has 1 amide bonds. The lowest BCUT2D eigenvalue weighted by atomic mass is 10.2. The molecule has 0 radical (unpaired) electrons. The van der Waals surface area contributed by atoms with E-state index in [1.54, 1.807) is 0 Å². The van der Waals surface area contributed by atoms with Crippen molar-refractivity contribution in [2.24, 2.45) is 0 Å². The zero-order valence-corrected chi connectivity index (χ0v) is 12.8. The molecule has 2 rings (SSSR count). The summed E-state index contributed by atoms with van der Waals surface area (Å²) in [5, 5.41) is 2.82. The zero-order valence-electron chi connectivity index (χ0n) is 12.8. The van der Waals surface area contributed by atoms with Crippen LogP contribution in [0.5, 0.6) is 0 Å². The highest BCUT2D eigenvalue weighted by Crippen LogP contribution is 2.17. The summed E-state index contributed by atoms with van der Waals surface area (Å²) in [6.07, 6.45) is 2.31. The van der Waals surface area contributed by atoms with Crippen LogP contribution in [0.2, 0.25) is 0 Å². The molecule has 0 bridgehead atoms. The van der Waals surface area contributed by atoms with Crippen LogP contribution in [0.4, 0.5) is 5.69 Å². The molecule has 1 aliphatic heterocycles. The van der Waals surface area contributed by atoms with E-state index in [1.165, 1.54) is 17.3 Å². The number of nitrogens with zero attached hydrogens (tertiary/aromatic N) is 2. The van der Waals surface area contributed by atoms with Crippen LogP contribution in [0.15, 0.2) is 36.9 Å². The molecule has 4 nitrogen and oxygen atoms in total. The molecule has 0 atom stereocenters. The van der Waals surface area contributed by atoms with Crippen LogP contribution < -0.4 is 10.2 Å². The first-order chi connectivity index (χ1) is 10.2. The minimum atomic E-state index is -0.0841. The maximum absolute atomic E-state index is 11.0.